The molecule has 0 amide bonds. The molecule has 0 saturated carbocycles. The van der Waals surface area contributed by atoms with Gasteiger partial charge in [-0.25, -0.2) is 4.79 Å². The maximum absolute atomic E-state index is 11.1. The first-order valence-electron chi connectivity index (χ1n) is 5.16. The summed E-state index contributed by atoms with van der Waals surface area (Å²) < 4.78 is 6.15. The van der Waals surface area contributed by atoms with E-state index in [-0.39, 0.29) is 22.6 Å². The molecule has 2 rings (SSSR count). The Kier molecular flexibility index (Phi) is 3.78. The molecular weight excluding hydrogens is 312 g/mol. The van der Waals surface area contributed by atoms with Gasteiger partial charge in [0.25, 0.3) is 0 Å². The molecule has 5 nitrogen and oxygen atoms in total. The molecule has 1 aromatic carbocycles. The standard InChI is InChI=1S/C13H7BrN2O3/c14-9-1-2-10(13(17)18)11(5-9)19-12-7-16-4-3-8(12)6-15/h1-5,7H,(H,17,18). The van der Waals surface area contributed by atoms with E-state index in [0.29, 0.717) is 4.47 Å². The number of aromatic nitrogens is 1. The number of carbonyl (C=O) groups is 1. The fourth-order valence-electron chi connectivity index (χ4n) is 1.43. The van der Waals surface area contributed by atoms with E-state index in [1.807, 2.05) is 6.07 Å². The highest BCUT2D eigenvalue weighted by Crippen LogP contribution is 2.29. The molecule has 0 aliphatic rings. The van der Waals surface area contributed by atoms with Crippen molar-refractivity contribution in [1.29, 1.82) is 5.26 Å². The van der Waals surface area contributed by atoms with Crippen molar-refractivity contribution >= 4 is 21.9 Å². The SMILES string of the molecule is N#Cc1ccncc1Oc1cc(Br)ccc1C(=O)O. The second-order valence-electron chi connectivity index (χ2n) is 3.53. The fraction of sp³-hybridized carbons (Fsp3) is 0. The molecule has 0 fully saturated rings. The van der Waals surface area contributed by atoms with Crippen LogP contribution in [0, 0.1) is 11.3 Å². The average Bonchev–Trinajstić information content (AvgIpc) is 2.39. The topological polar surface area (TPSA) is 83.2 Å². The Bertz CT molecular complexity index is 680. The molecule has 0 radical (unpaired) electrons. The van der Waals surface area contributed by atoms with Crippen molar-refractivity contribution < 1.29 is 14.6 Å². The first kappa shape index (κ1) is 13.1. The lowest BCUT2D eigenvalue weighted by atomic mass is 10.2. The number of hydrogen-bond donors (Lipinski definition) is 1. The summed E-state index contributed by atoms with van der Waals surface area (Å²) in [5, 5.41) is 18.0. The van der Waals surface area contributed by atoms with E-state index in [4.69, 9.17) is 15.1 Å². The molecule has 0 unspecified atom stereocenters. The van der Waals surface area contributed by atoms with Gasteiger partial charge < -0.3 is 9.84 Å². The minimum Gasteiger partial charge on any atom is -0.478 e. The largest absolute Gasteiger partial charge is 0.478 e. The van der Waals surface area contributed by atoms with E-state index < -0.39 is 5.97 Å². The van der Waals surface area contributed by atoms with Gasteiger partial charge in [-0.3, -0.25) is 4.98 Å². The van der Waals surface area contributed by atoms with Crippen LogP contribution < -0.4 is 4.74 Å². The summed E-state index contributed by atoms with van der Waals surface area (Å²) in [5.41, 5.74) is 0.294. The van der Waals surface area contributed by atoms with Crippen LogP contribution in [-0.4, -0.2) is 16.1 Å². The van der Waals surface area contributed by atoms with E-state index >= 15 is 0 Å². The first-order chi connectivity index (χ1) is 9.11. The predicted octanol–water partition coefficient (Wildman–Crippen LogP) is 3.21. The molecule has 1 aromatic heterocycles. The van der Waals surface area contributed by atoms with Crippen LogP contribution in [0.5, 0.6) is 11.5 Å². The van der Waals surface area contributed by atoms with Gasteiger partial charge in [0.1, 0.15) is 17.4 Å². The van der Waals surface area contributed by atoms with Crippen molar-refractivity contribution in [2.24, 2.45) is 0 Å². The Morgan fingerprint density at radius 3 is 2.84 bits per heavy atom. The van der Waals surface area contributed by atoms with Gasteiger partial charge >= 0.3 is 5.97 Å². The zero-order valence-electron chi connectivity index (χ0n) is 9.50. The minimum absolute atomic E-state index is 0.0101. The van der Waals surface area contributed by atoms with Crippen LogP contribution in [0.4, 0.5) is 0 Å². The fourth-order valence-corrected chi connectivity index (χ4v) is 1.77. The second-order valence-corrected chi connectivity index (χ2v) is 4.45. The van der Waals surface area contributed by atoms with Crippen molar-refractivity contribution in [3.63, 3.8) is 0 Å². The molecule has 0 atom stereocenters. The number of halogens is 1. The summed E-state index contributed by atoms with van der Waals surface area (Å²) in [6, 6.07) is 8.00. The number of pyridine rings is 1. The minimum atomic E-state index is -1.11. The molecule has 0 aliphatic carbocycles. The number of ether oxygens (including phenoxy) is 1. The molecule has 0 saturated heterocycles. The molecule has 0 aliphatic heterocycles. The zero-order chi connectivity index (χ0) is 13.8. The molecule has 1 N–H and O–H groups in total. The van der Waals surface area contributed by atoms with E-state index in [1.54, 1.807) is 6.07 Å². The summed E-state index contributed by atoms with van der Waals surface area (Å²) >= 11 is 3.24. The van der Waals surface area contributed by atoms with Gasteiger partial charge in [-0.05, 0) is 24.3 Å². The first-order valence-corrected chi connectivity index (χ1v) is 5.96. The highest BCUT2D eigenvalue weighted by atomic mass is 79.9. The van der Waals surface area contributed by atoms with E-state index in [2.05, 4.69) is 20.9 Å². The van der Waals surface area contributed by atoms with Crippen molar-refractivity contribution in [1.82, 2.24) is 4.98 Å². The van der Waals surface area contributed by atoms with Crippen LogP contribution in [0.2, 0.25) is 0 Å². The Morgan fingerprint density at radius 1 is 1.37 bits per heavy atom. The van der Waals surface area contributed by atoms with Gasteiger partial charge in [-0.15, -0.1) is 0 Å². The lowest BCUT2D eigenvalue weighted by Crippen LogP contribution is -2.00. The Hall–Kier alpha value is -2.39. The lowest BCUT2D eigenvalue weighted by molar-refractivity contribution is 0.0694. The molecule has 0 bridgehead atoms. The van der Waals surface area contributed by atoms with Gasteiger partial charge in [0.05, 0.1) is 11.8 Å². The van der Waals surface area contributed by atoms with Gasteiger partial charge in [0, 0.05) is 10.7 Å². The van der Waals surface area contributed by atoms with Gasteiger partial charge in [0.15, 0.2) is 5.75 Å². The molecular formula is C13H7BrN2O3. The van der Waals surface area contributed by atoms with Crippen molar-refractivity contribution in [3.8, 4) is 17.6 Å². The third kappa shape index (κ3) is 2.89. The monoisotopic (exact) mass is 318 g/mol. The average molecular weight is 319 g/mol. The predicted molar refractivity (Wildman–Crippen MR) is 70.1 cm³/mol. The smallest absolute Gasteiger partial charge is 0.339 e. The normalized spacial score (nSPS) is 9.68. The maximum Gasteiger partial charge on any atom is 0.339 e. The highest BCUT2D eigenvalue weighted by Gasteiger charge is 2.14. The van der Waals surface area contributed by atoms with Crippen LogP contribution in [0.25, 0.3) is 0 Å². The molecule has 19 heavy (non-hydrogen) atoms. The van der Waals surface area contributed by atoms with Crippen molar-refractivity contribution in [3.05, 3.63) is 52.3 Å². The highest BCUT2D eigenvalue weighted by molar-refractivity contribution is 9.10. The van der Waals surface area contributed by atoms with E-state index in [0.717, 1.165) is 0 Å². The maximum atomic E-state index is 11.1. The third-order valence-corrected chi connectivity index (χ3v) is 2.79. The Labute approximate surface area is 117 Å². The number of nitriles is 1. The van der Waals surface area contributed by atoms with E-state index in [9.17, 15) is 4.79 Å². The van der Waals surface area contributed by atoms with Crippen LogP contribution in [0.15, 0.2) is 41.1 Å². The zero-order valence-corrected chi connectivity index (χ0v) is 11.1. The summed E-state index contributed by atoms with van der Waals surface area (Å²) in [5.74, 6) is -0.748. The quantitative estimate of drug-likeness (QED) is 0.939. The summed E-state index contributed by atoms with van der Waals surface area (Å²) in [6.07, 6.45) is 2.83. The third-order valence-electron chi connectivity index (χ3n) is 2.30. The summed E-state index contributed by atoms with van der Waals surface area (Å²) in [7, 11) is 0. The number of carboxylic acid groups (broad SMARTS) is 1. The number of nitrogens with zero attached hydrogens (tertiary/aromatic N) is 2. The van der Waals surface area contributed by atoms with Crippen LogP contribution in [0.1, 0.15) is 15.9 Å². The molecule has 6 heteroatoms. The van der Waals surface area contributed by atoms with Crippen LogP contribution in [0.3, 0.4) is 0 Å². The Morgan fingerprint density at radius 2 is 2.16 bits per heavy atom. The molecule has 0 spiro atoms. The van der Waals surface area contributed by atoms with Crippen molar-refractivity contribution in [2.75, 3.05) is 0 Å². The number of aromatic carboxylic acids is 1. The van der Waals surface area contributed by atoms with E-state index in [1.165, 1.54) is 30.6 Å². The summed E-state index contributed by atoms with van der Waals surface area (Å²) in [4.78, 5) is 15.0. The second kappa shape index (κ2) is 5.50. The Balaban J connectivity index is 2.46. The lowest BCUT2D eigenvalue weighted by Gasteiger charge is -2.09. The van der Waals surface area contributed by atoms with Gasteiger partial charge in [-0.1, -0.05) is 15.9 Å². The van der Waals surface area contributed by atoms with Gasteiger partial charge in [-0.2, -0.15) is 5.26 Å². The molecule has 2 aromatic rings. The van der Waals surface area contributed by atoms with Gasteiger partial charge in [0.2, 0.25) is 0 Å². The van der Waals surface area contributed by atoms with Crippen LogP contribution >= 0.6 is 15.9 Å². The van der Waals surface area contributed by atoms with Crippen molar-refractivity contribution in [2.45, 2.75) is 0 Å². The molecule has 94 valence electrons. The number of carboxylic acids is 1. The number of benzene rings is 1. The number of hydrogen-bond acceptors (Lipinski definition) is 4. The van der Waals surface area contributed by atoms with Crippen LogP contribution in [-0.2, 0) is 0 Å². The summed E-state index contributed by atoms with van der Waals surface area (Å²) in [6.45, 7) is 0. The number of rotatable bonds is 3. The molecule has 1 heterocycles.